The minimum absolute atomic E-state index is 0.734. The van der Waals surface area contributed by atoms with Crippen LogP contribution in [0, 0.1) is 111 Å². The van der Waals surface area contributed by atoms with Gasteiger partial charge in [-0.3, -0.25) is 9.97 Å². The maximum Gasteiger partial charge on any atom is 0.148 e. The van der Waals surface area contributed by atoms with Crippen LogP contribution in [0.1, 0.15) is 160 Å². The molecule has 68 heavy (non-hydrogen) atoms. The molecule has 0 saturated carbocycles. The Kier molecular flexibility index (Phi) is 48.6. The summed E-state index contributed by atoms with van der Waals surface area (Å²) < 4.78 is 0. The molecule has 16 nitrogen and oxygen atoms in total. The summed E-state index contributed by atoms with van der Waals surface area (Å²) in [6.07, 6.45) is 15.3. The lowest BCUT2D eigenvalue weighted by Crippen LogP contribution is -1.97. The van der Waals surface area contributed by atoms with Crippen LogP contribution in [0.25, 0.3) is 0 Å². The summed E-state index contributed by atoms with van der Waals surface area (Å²) in [6, 6.07) is 1.95. The fraction of sp³-hybridized carbons (Fsp3) is 0.500. The van der Waals surface area contributed by atoms with Crippen LogP contribution in [0.4, 0.5) is 0 Å². The van der Waals surface area contributed by atoms with Gasteiger partial charge in [-0.05, 0) is 145 Å². The quantitative estimate of drug-likeness (QED) is 0.139. The fourth-order valence-electron chi connectivity index (χ4n) is 3.44. The third kappa shape index (κ3) is 36.6. The summed E-state index contributed by atoms with van der Waals surface area (Å²) in [5, 5.41) is 30.2. The zero-order valence-corrected chi connectivity index (χ0v) is 46.9. The van der Waals surface area contributed by atoms with Gasteiger partial charge >= 0.3 is 0 Å². The van der Waals surface area contributed by atoms with E-state index >= 15 is 0 Å². The van der Waals surface area contributed by atoms with Crippen molar-refractivity contribution < 1.29 is 0 Å². The molecule has 0 saturated heterocycles. The minimum Gasteiger partial charge on any atom is -0.258 e. The second kappa shape index (κ2) is 46.9. The average Bonchev–Trinajstić information content (AvgIpc) is 3.36. The summed E-state index contributed by atoms with van der Waals surface area (Å²) in [7, 11) is 0. The van der Waals surface area contributed by atoms with Gasteiger partial charge in [0.05, 0.1) is 52.3 Å². The highest BCUT2D eigenvalue weighted by molar-refractivity contribution is 5.16. The molecule has 0 aliphatic rings. The van der Waals surface area contributed by atoms with Gasteiger partial charge in [-0.25, -0.2) is 29.9 Å². The van der Waals surface area contributed by atoms with E-state index < -0.39 is 0 Å². The van der Waals surface area contributed by atoms with Crippen LogP contribution < -0.4 is 0 Å². The molecule has 16 heteroatoms. The van der Waals surface area contributed by atoms with E-state index in [2.05, 4.69) is 80.7 Å². The number of rotatable bonds is 0. The molecule has 0 bridgehead atoms. The van der Waals surface area contributed by atoms with Crippen molar-refractivity contribution in [3.8, 4) is 0 Å². The largest absolute Gasteiger partial charge is 0.258 e. The van der Waals surface area contributed by atoms with Gasteiger partial charge in [0.2, 0.25) is 0 Å². The Morgan fingerprint density at radius 1 is 0.265 bits per heavy atom. The summed E-state index contributed by atoms with van der Waals surface area (Å²) in [6.45, 7) is 51.1. The number of aromatic nitrogens is 16. The van der Waals surface area contributed by atoms with E-state index in [4.69, 9.17) is 0 Å². The summed E-state index contributed by atoms with van der Waals surface area (Å²) in [5.74, 6) is 1.47. The second-order valence-corrected chi connectivity index (χ2v) is 13.0. The molecule has 0 amide bonds. The molecule has 0 aliphatic heterocycles. The zero-order valence-electron chi connectivity index (χ0n) is 46.9. The van der Waals surface area contributed by atoms with E-state index in [0.29, 0.717) is 0 Å². The molecule has 0 fully saturated rings. The van der Waals surface area contributed by atoms with Crippen molar-refractivity contribution in [2.75, 3.05) is 0 Å². The number of hydrogen-bond donors (Lipinski definition) is 0. The minimum atomic E-state index is 0.734. The molecule has 7 heterocycles. The van der Waals surface area contributed by atoms with Gasteiger partial charge in [0.25, 0.3) is 0 Å². The highest BCUT2D eigenvalue weighted by Crippen LogP contribution is 2.00. The second-order valence-electron chi connectivity index (χ2n) is 13.0. The first kappa shape index (κ1) is 70.4. The van der Waals surface area contributed by atoms with Gasteiger partial charge in [0.15, 0.2) is 0 Å². The lowest BCUT2D eigenvalue weighted by Gasteiger charge is -1.94. The van der Waals surface area contributed by atoms with E-state index in [1.54, 1.807) is 43.6 Å². The van der Waals surface area contributed by atoms with Gasteiger partial charge in [-0.1, -0.05) is 69.2 Å². The lowest BCUT2D eigenvalue weighted by atomic mass is 10.2. The van der Waals surface area contributed by atoms with Crippen molar-refractivity contribution >= 4 is 0 Å². The lowest BCUT2D eigenvalue weighted by molar-refractivity contribution is 0.848. The van der Waals surface area contributed by atoms with Gasteiger partial charge in [-0.2, -0.15) is 30.6 Å². The highest BCUT2D eigenvalue weighted by Gasteiger charge is 1.95. The van der Waals surface area contributed by atoms with Gasteiger partial charge in [-0.15, -0.1) is 10.2 Å². The van der Waals surface area contributed by atoms with Gasteiger partial charge in [0.1, 0.15) is 24.3 Å². The topological polar surface area (TPSA) is 206 Å². The molecule has 376 valence electrons. The maximum absolute atomic E-state index is 4.10. The molecular formula is C52H88N16. The van der Waals surface area contributed by atoms with Gasteiger partial charge in [0, 0.05) is 42.4 Å². The number of hydrogen-bond acceptors (Lipinski definition) is 16. The van der Waals surface area contributed by atoms with Crippen molar-refractivity contribution in [3.63, 3.8) is 0 Å². The van der Waals surface area contributed by atoms with Crippen molar-refractivity contribution in [2.24, 2.45) is 0 Å². The van der Waals surface area contributed by atoms with Crippen LogP contribution in [0.3, 0.4) is 0 Å². The Labute approximate surface area is 412 Å². The Balaban J connectivity index is -0.000000220. The molecule has 0 spiro atoms. The van der Waals surface area contributed by atoms with Crippen molar-refractivity contribution in [3.05, 3.63) is 153 Å². The van der Waals surface area contributed by atoms with E-state index in [9.17, 15) is 0 Å². The standard InChI is InChI=1S/2C6H9N3.5C6H8N2.5C2H6/c2*1-4-5(2)8-9-6(3)7-4;2*1-5-3-7-4-8-6(5)2;1-5-3-7-8-4-6(5)2;1-5-6(2)8-4-3-7-5;1-5-3-4-7-8-6(5)2;5*1-2/h2*1-3H3;5*3-4H,1-2H3;5*1-2H3. The first-order valence-corrected chi connectivity index (χ1v) is 23.4. The summed E-state index contributed by atoms with van der Waals surface area (Å²) in [5.41, 5.74) is 14.7. The molecule has 0 atom stereocenters. The van der Waals surface area contributed by atoms with E-state index in [0.717, 1.165) is 74.0 Å². The van der Waals surface area contributed by atoms with Crippen molar-refractivity contribution in [1.29, 1.82) is 0 Å². The third-order valence-electron chi connectivity index (χ3n) is 8.20. The predicted molar refractivity (Wildman–Crippen MR) is 282 cm³/mol. The summed E-state index contributed by atoms with van der Waals surface area (Å²) in [4.78, 5) is 31.8. The molecule has 7 aromatic rings. The Bertz CT molecular complexity index is 1840. The van der Waals surface area contributed by atoms with Crippen LogP contribution in [0.5, 0.6) is 0 Å². The number of nitrogens with zero attached hydrogens (tertiary/aromatic N) is 16. The summed E-state index contributed by atoms with van der Waals surface area (Å²) >= 11 is 0. The first-order chi connectivity index (χ1) is 32.4. The smallest absolute Gasteiger partial charge is 0.148 e. The van der Waals surface area contributed by atoms with E-state index in [-0.39, 0.29) is 0 Å². The van der Waals surface area contributed by atoms with E-state index in [1.165, 1.54) is 16.7 Å². The van der Waals surface area contributed by atoms with Crippen LogP contribution in [-0.4, -0.2) is 80.7 Å². The van der Waals surface area contributed by atoms with Crippen LogP contribution >= 0.6 is 0 Å². The van der Waals surface area contributed by atoms with Crippen LogP contribution in [0.15, 0.2) is 62.1 Å². The molecule has 0 aliphatic carbocycles. The van der Waals surface area contributed by atoms with Crippen molar-refractivity contribution in [2.45, 2.75) is 180 Å². The van der Waals surface area contributed by atoms with E-state index in [1.807, 2.05) is 198 Å². The monoisotopic (exact) mass is 937 g/mol. The highest BCUT2D eigenvalue weighted by atomic mass is 15.2. The van der Waals surface area contributed by atoms with Gasteiger partial charge < -0.3 is 0 Å². The Morgan fingerprint density at radius 2 is 0.618 bits per heavy atom. The van der Waals surface area contributed by atoms with Crippen molar-refractivity contribution in [1.82, 2.24) is 80.7 Å². The van der Waals surface area contributed by atoms with Crippen LogP contribution in [0.2, 0.25) is 0 Å². The molecule has 0 unspecified atom stereocenters. The molecule has 7 aromatic heterocycles. The molecule has 0 N–H and O–H groups in total. The predicted octanol–water partition coefficient (Wildman–Crippen LogP) is 12.2. The zero-order chi connectivity index (χ0) is 53.6. The molecule has 7 rings (SSSR count). The average molecular weight is 937 g/mol. The molecule has 0 aromatic carbocycles. The Hall–Kier alpha value is -6.58. The Morgan fingerprint density at radius 3 is 0.824 bits per heavy atom. The normalized spacial score (nSPS) is 8.44. The SMILES string of the molecule is CC.CC.CC.CC.CC.Cc1ccnnc1C.Cc1cncnc1C.Cc1cncnc1C.Cc1cnncc1C.Cc1nccnc1C.Cc1nnc(C)c(C)n1.Cc1nnc(C)c(C)n1. The molecule has 0 radical (unpaired) electrons. The molecular weight excluding hydrogens is 849 g/mol. The number of aryl methyl sites for hydroxylation is 16. The fourth-order valence-corrected chi connectivity index (χ4v) is 3.44. The third-order valence-corrected chi connectivity index (χ3v) is 8.20. The van der Waals surface area contributed by atoms with Crippen LogP contribution in [-0.2, 0) is 0 Å². The first-order valence-electron chi connectivity index (χ1n) is 23.4. The maximum atomic E-state index is 4.10.